The van der Waals surface area contributed by atoms with E-state index >= 15 is 0 Å². The lowest BCUT2D eigenvalue weighted by atomic mass is 9.43. The van der Waals surface area contributed by atoms with Gasteiger partial charge in [-0.25, -0.2) is 15.1 Å². The second kappa shape index (κ2) is 15.4. The van der Waals surface area contributed by atoms with Crippen LogP contribution in [0.25, 0.3) is 0 Å². The van der Waals surface area contributed by atoms with Crippen molar-refractivity contribution in [3.8, 4) is 0 Å². The molecular weight excluding hydrogens is 569 g/mol. The van der Waals surface area contributed by atoms with Crippen LogP contribution in [0.3, 0.4) is 0 Å². The molecule has 0 aromatic carbocycles. The van der Waals surface area contributed by atoms with Gasteiger partial charge >= 0.3 is 7.12 Å². The molecule has 0 aromatic heterocycles. The summed E-state index contributed by atoms with van der Waals surface area (Å²) in [5, 5.41) is 18.5. The number of rotatable bonds is 17. The van der Waals surface area contributed by atoms with Gasteiger partial charge < -0.3 is 31.0 Å². The monoisotopic (exact) mass is 621 g/mol. The molecule has 0 spiro atoms. The molecule has 6 N–H and O–H groups in total. The number of guanidine groups is 1. The maximum atomic E-state index is 13.7. The van der Waals surface area contributed by atoms with Crippen molar-refractivity contribution in [3.05, 3.63) is 10.1 Å². The van der Waals surface area contributed by atoms with Gasteiger partial charge in [-0.2, -0.15) is 0 Å². The van der Waals surface area contributed by atoms with E-state index < -0.39 is 29.7 Å². The molecule has 14 nitrogen and oxygen atoms in total. The molecule has 4 aliphatic rings. The molecule has 44 heavy (non-hydrogen) atoms. The number of hydrogen-bond donors (Lipinski definition) is 5. The molecule has 1 aliphatic heterocycles. The number of nitrogens with two attached hydrogens (primary N) is 1. The Balaban J connectivity index is 1.64. The Labute approximate surface area is 261 Å². The maximum absolute atomic E-state index is 13.7. The van der Waals surface area contributed by atoms with E-state index in [-0.39, 0.29) is 60.5 Å². The predicted octanol–water partition coefficient (Wildman–Crippen LogP) is 1.84. The number of nitrogens with one attached hydrogen (secondary N) is 4. The molecule has 15 heteroatoms. The fourth-order valence-corrected chi connectivity index (χ4v) is 7.11. The van der Waals surface area contributed by atoms with Gasteiger partial charge in [0.1, 0.15) is 6.04 Å². The predicted molar refractivity (Wildman–Crippen MR) is 166 cm³/mol. The van der Waals surface area contributed by atoms with Crippen LogP contribution in [0.15, 0.2) is 4.99 Å². The molecule has 248 valence electrons. The Bertz CT molecular complexity index is 1070. The van der Waals surface area contributed by atoms with Crippen LogP contribution in [-0.4, -0.2) is 72.6 Å². The molecule has 3 aliphatic carbocycles. The normalized spacial score (nSPS) is 26.7. The van der Waals surface area contributed by atoms with Gasteiger partial charge in [0.15, 0.2) is 5.03 Å². The summed E-state index contributed by atoms with van der Waals surface area (Å²) in [6.07, 6.45) is 5.67. The molecule has 1 heterocycles. The van der Waals surface area contributed by atoms with Crippen LogP contribution >= 0.6 is 0 Å². The first-order valence-corrected chi connectivity index (χ1v) is 16.0. The van der Waals surface area contributed by atoms with Crippen molar-refractivity contribution < 1.29 is 28.7 Å². The summed E-state index contributed by atoms with van der Waals surface area (Å²) >= 11 is 0. The average Bonchev–Trinajstić information content (AvgIpc) is 3.28. The minimum absolute atomic E-state index is 0.0203. The third kappa shape index (κ3) is 9.29. The molecule has 3 saturated carbocycles. The standard InChI is InChI=1S/C29H52BN7O7/c1-18(2)15-24(30-43-23-17-20-16-22(28(20,4)5)29(23,6)44-30)35-26(40)21(11-10-14-33-27(31)36-37(41)42)34-25(39)12-8-7-9-13-32-19(3)38/h18,20-24H,7-17H2,1-6H3,(H,32,38)(H,34,39)(H,35,40)(H3,31,33,36)/t20-,21+,22-,23-,24+,29+/m1/s1. The molecule has 6 atom stereocenters. The molecule has 3 amide bonds. The lowest BCUT2D eigenvalue weighted by Gasteiger charge is -2.64. The van der Waals surface area contributed by atoms with Gasteiger partial charge in [0.05, 0.1) is 17.6 Å². The first-order chi connectivity index (χ1) is 20.6. The van der Waals surface area contributed by atoms with Crippen LogP contribution in [0, 0.1) is 33.3 Å². The number of carbonyl (C=O) groups excluding carboxylic acids is 3. The first-order valence-electron chi connectivity index (χ1n) is 16.0. The minimum Gasteiger partial charge on any atom is -0.404 e. The smallest absolute Gasteiger partial charge is 0.404 e. The highest BCUT2D eigenvalue weighted by molar-refractivity contribution is 6.48. The van der Waals surface area contributed by atoms with E-state index in [1.54, 1.807) is 5.43 Å². The number of unbranched alkanes of at least 4 members (excludes halogenated alkanes) is 2. The van der Waals surface area contributed by atoms with Crippen molar-refractivity contribution in [3.63, 3.8) is 0 Å². The van der Waals surface area contributed by atoms with Crippen molar-refractivity contribution in [2.45, 2.75) is 123 Å². The Hall–Kier alpha value is -2.94. The van der Waals surface area contributed by atoms with E-state index in [9.17, 15) is 24.5 Å². The lowest BCUT2D eigenvalue weighted by Crippen LogP contribution is -2.65. The number of nitrogens with zero attached hydrogens (tertiary/aromatic N) is 2. The molecule has 0 radical (unpaired) electrons. The summed E-state index contributed by atoms with van der Waals surface area (Å²) in [6, 6.07) is -0.845. The second-order valence-electron chi connectivity index (χ2n) is 13.8. The zero-order chi connectivity index (χ0) is 32.7. The summed E-state index contributed by atoms with van der Waals surface area (Å²) in [7, 11) is -0.593. The fourth-order valence-electron chi connectivity index (χ4n) is 7.11. The van der Waals surface area contributed by atoms with Crippen LogP contribution in [0.4, 0.5) is 0 Å². The average molecular weight is 622 g/mol. The Kier molecular flexibility index (Phi) is 12.4. The summed E-state index contributed by atoms with van der Waals surface area (Å²) in [6.45, 7) is 13.1. The largest absolute Gasteiger partial charge is 0.481 e. The Morgan fingerprint density at radius 2 is 1.84 bits per heavy atom. The van der Waals surface area contributed by atoms with Gasteiger partial charge in [-0.05, 0) is 75.0 Å². The van der Waals surface area contributed by atoms with E-state index in [0.717, 1.165) is 25.7 Å². The molecule has 1 saturated heterocycles. The zero-order valence-corrected chi connectivity index (χ0v) is 27.1. The minimum atomic E-state index is -0.845. The number of nitro groups is 1. The molecule has 0 unspecified atom stereocenters. The zero-order valence-electron chi connectivity index (χ0n) is 27.1. The lowest BCUT2D eigenvalue weighted by molar-refractivity contribution is -0.525. The first kappa shape index (κ1) is 35.5. The van der Waals surface area contributed by atoms with Crippen LogP contribution < -0.4 is 27.1 Å². The van der Waals surface area contributed by atoms with E-state index in [1.807, 2.05) is 0 Å². The van der Waals surface area contributed by atoms with Gasteiger partial charge in [-0.15, -0.1) is 0 Å². The van der Waals surface area contributed by atoms with Gasteiger partial charge in [0.2, 0.25) is 17.7 Å². The molecule has 2 bridgehead atoms. The summed E-state index contributed by atoms with van der Waals surface area (Å²) < 4.78 is 13.2. The van der Waals surface area contributed by atoms with Crippen LogP contribution in [0.5, 0.6) is 0 Å². The highest BCUT2D eigenvalue weighted by atomic mass is 16.7. The second-order valence-corrected chi connectivity index (χ2v) is 13.8. The number of carbonyl (C=O) groups is 3. The van der Waals surface area contributed by atoms with Crippen molar-refractivity contribution in [2.24, 2.45) is 33.9 Å². The fraction of sp³-hybridized carbons (Fsp3) is 0.862. The molecule has 4 fully saturated rings. The van der Waals surface area contributed by atoms with Crippen LogP contribution in [0.1, 0.15) is 99.3 Å². The third-order valence-corrected chi connectivity index (χ3v) is 9.60. The SMILES string of the molecule is CC(=O)NCCCCCC(=O)N[C@@H](CCCN=C(N)N[N+](=O)[O-])C(=O)N[C@@H](CC(C)C)B1O[C@@H]2C[C@H]3C[C@H](C3(C)C)[C@]2(C)O1. The highest BCUT2D eigenvalue weighted by Gasteiger charge is 2.68. The third-order valence-electron chi connectivity index (χ3n) is 9.60. The Morgan fingerprint density at radius 3 is 2.48 bits per heavy atom. The van der Waals surface area contributed by atoms with Gasteiger partial charge in [-0.3, -0.25) is 14.4 Å². The van der Waals surface area contributed by atoms with Crippen molar-refractivity contribution in [2.75, 3.05) is 13.1 Å². The quantitative estimate of drug-likeness (QED) is 0.0402. The van der Waals surface area contributed by atoms with Crippen molar-refractivity contribution in [1.29, 1.82) is 0 Å². The Morgan fingerprint density at radius 1 is 1.11 bits per heavy atom. The van der Waals surface area contributed by atoms with Crippen LogP contribution in [0.2, 0.25) is 0 Å². The van der Waals surface area contributed by atoms with Gasteiger partial charge in [-0.1, -0.05) is 39.5 Å². The molecule has 4 rings (SSSR count). The van der Waals surface area contributed by atoms with Crippen molar-refractivity contribution in [1.82, 2.24) is 21.4 Å². The molecular formula is C29H52BN7O7. The highest BCUT2D eigenvalue weighted by Crippen LogP contribution is 2.65. The van der Waals surface area contributed by atoms with E-state index in [0.29, 0.717) is 37.6 Å². The number of hydrazine groups is 1. The summed E-state index contributed by atoms with van der Waals surface area (Å²) in [5.74, 6) is -0.168. The van der Waals surface area contributed by atoms with Crippen LogP contribution in [-0.2, 0) is 23.7 Å². The molecule has 0 aromatic rings. The van der Waals surface area contributed by atoms with Gasteiger partial charge in [0, 0.05) is 26.4 Å². The number of hydrogen-bond acceptors (Lipinski definition) is 8. The maximum Gasteiger partial charge on any atom is 0.481 e. The topological polar surface area (TPSA) is 199 Å². The van der Waals surface area contributed by atoms with E-state index in [4.69, 9.17) is 15.0 Å². The number of amides is 3. The summed E-state index contributed by atoms with van der Waals surface area (Å²) in [5.41, 5.74) is 7.08. The summed E-state index contributed by atoms with van der Waals surface area (Å²) in [4.78, 5) is 52.1. The van der Waals surface area contributed by atoms with E-state index in [1.165, 1.54) is 6.92 Å². The van der Waals surface area contributed by atoms with Crippen molar-refractivity contribution >= 4 is 30.8 Å². The van der Waals surface area contributed by atoms with E-state index in [2.05, 4.69) is 55.6 Å². The number of aliphatic imine (C=N–C) groups is 1. The van der Waals surface area contributed by atoms with Gasteiger partial charge in [0.25, 0.3) is 5.96 Å².